The van der Waals surface area contributed by atoms with Gasteiger partial charge in [-0.1, -0.05) is 31.5 Å². The van der Waals surface area contributed by atoms with Gasteiger partial charge in [0.25, 0.3) is 0 Å². The number of rotatable bonds is 5. The Bertz CT molecular complexity index is 1070. The molecule has 1 saturated heterocycles. The Kier molecular flexibility index (Phi) is 5.58. The summed E-state index contributed by atoms with van der Waals surface area (Å²) in [6.07, 6.45) is 6.13. The summed E-state index contributed by atoms with van der Waals surface area (Å²) in [7, 11) is 1.58. The number of ether oxygens (including phenoxy) is 1. The monoisotopic (exact) mass is 393 g/mol. The van der Waals surface area contributed by atoms with E-state index in [1.165, 1.54) is 19.1 Å². The largest absolute Gasteiger partial charge is 0.507 e. The van der Waals surface area contributed by atoms with E-state index in [4.69, 9.17) is 9.15 Å². The Balaban J connectivity index is 1.80. The van der Waals surface area contributed by atoms with E-state index >= 15 is 0 Å². The highest BCUT2D eigenvalue weighted by Gasteiger charge is 2.24. The molecule has 1 aromatic heterocycles. The van der Waals surface area contributed by atoms with Crippen molar-refractivity contribution >= 4 is 11.0 Å². The molecule has 0 amide bonds. The third-order valence-corrected chi connectivity index (χ3v) is 6.00. The lowest BCUT2D eigenvalue weighted by Crippen LogP contribution is -2.38. The molecule has 0 saturated carbocycles. The molecule has 0 bridgehead atoms. The van der Waals surface area contributed by atoms with Crippen molar-refractivity contribution in [1.29, 1.82) is 0 Å². The quantitative estimate of drug-likeness (QED) is 0.665. The van der Waals surface area contributed by atoms with E-state index in [-0.39, 0.29) is 11.2 Å². The van der Waals surface area contributed by atoms with Gasteiger partial charge in [0.05, 0.1) is 23.6 Å². The summed E-state index contributed by atoms with van der Waals surface area (Å²) in [5.41, 5.74) is 2.18. The van der Waals surface area contributed by atoms with Gasteiger partial charge in [-0.2, -0.15) is 0 Å². The van der Waals surface area contributed by atoms with Crippen LogP contribution in [0.1, 0.15) is 38.2 Å². The molecule has 0 spiro atoms. The molecule has 3 aromatic rings. The molecule has 0 unspecified atom stereocenters. The molecule has 1 fully saturated rings. The Labute approximate surface area is 170 Å². The van der Waals surface area contributed by atoms with Gasteiger partial charge in [-0.05, 0) is 44.0 Å². The Morgan fingerprint density at radius 2 is 2.00 bits per heavy atom. The van der Waals surface area contributed by atoms with Crippen LogP contribution in [0, 0.1) is 0 Å². The smallest absolute Gasteiger partial charge is 0.200 e. The van der Waals surface area contributed by atoms with Crippen molar-refractivity contribution in [3.05, 3.63) is 58.4 Å². The molecule has 2 heterocycles. The van der Waals surface area contributed by atoms with Crippen LogP contribution in [0.2, 0.25) is 0 Å². The first-order valence-electron chi connectivity index (χ1n) is 10.3. The van der Waals surface area contributed by atoms with Gasteiger partial charge >= 0.3 is 0 Å². The summed E-state index contributed by atoms with van der Waals surface area (Å²) in [4.78, 5) is 15.7. The predicted octanol–water partition coefficient (Wildman–Crippen LogP) is 4.94. The fourth-order valence-corrected chi connectivity index (χ4v) is 4.39. The third kappa shape index (κ3) is 3.62. The van der Waals surface area contributed by atoms with E-state index in [0.29, 0.717) is 46.0 Å². The maximum Gasteiger partial charge on any atom is 0.200 e. The summed E-state index contributed by atoms with van der Waals surface area (Å²) in [5, 5.41) is 11.0. The van der Waals surface area contributed by atoms with Crippen molar-refractivity contribution in [2.45, 2.75) is 45.2 Å². The van der Waals surface area contributed by atoms with Crippen LogP contribution in [-0.4, -0.2) is 29.7 Å². The Morgan fingerprint density at radius 1 is 1.17 bits per heavy atom. The lowest BCUT2D eigenvalue weighted by atomic mass is 9.98. The standard InChI is InChI=1S/C24H27NO4/c1-3-16-8-6-7-13-25(16)14-19-21(26)12-11-18-23(27)20(15-29-24(18)19)17-9-4-5-10-22(17)28-2/h4-5,9-12,15-16,26H,3,6-8,13-14H2,1-2H3/t16-/m1/s1. The minimum Gasteiger partial charge on any atom is -0.507 e. The molecule has 2 aromatic carbocycles. The molecule has 4 rings (SSSR count). The number of nitrogens with zero attached hydrogens (tertiary/aromatic N) is 1. The second kappa shape index (κ2) is 8.29. The van der Waals surface area contributed by atoms with E-state index in [9.17, 15) is 9.90 Å². The molecule has 0 radical (unpaired) electrons. The summed E-state index contributed by atoms with van der Waals surface area (Å²) in [6.45, 7) is 3.78. The summed E-state index contributed by atoms with van der Waals surface area (Å²) in [5.74, 6) is 0.795. The van der Waals surface area contributed by atoms with Crippen LogP contribution >= 0.6 is 0 Å². The van der Waals surface area contributed by atoms with Crippen molar-refractivity contribution in [3.63, 3.8) is 0 Å². The van der Waals surface area contributed by atoms with Crippen LogP contribution in [-0.2, 0) is 6.54 Å². The average Bonchev–Trinajstić information content (AvgIpc) is 2.76. The second-order valence-corrected chi connectivity index (χ2v) is 7.65. The molecule has 1 N–H and O–H groups in total. The van der Waals surface area contributed by atoms with Crippen LogP contribution in [0.4, 0.5) is 0 Å². The van der Waals surface area contributed by atoms with Crippen LogP contribution in [0.5, 0.6) is 11.5 Å². The lowest BCUT2D eigenvalue weighted by molar-refractivity contribution is 0.135. The second-order valence-electron chi connectivity index (χ2n) is 7.65. The first kappa shape index (κ1) is 19.5. The highest BCUT2D eigenvalue weighted by molar-refractivity contribution is 5.86. The number of hydrogen-bond acceptors (Lipinski definition) is 5. The Hall–Kier alpha value is -2.79. The maximum absolute atomic E-state index is 13.3. The zero-order chi connectivity index (χ0) is 20.4. The number of methoxy groups -OCH3 is 1. The average molecular weight is 393 g/mol. The summed E-state index contributed by atoms with van der Waals surface area (Å²) in [6, 6.07) is 11.1. The number of benzene rings is 2. The Morgan fingerprint density at radius 3 is 2.79 bits per heavy atom. The van der Waals surface area contributed by atoms with E-state index in [0.717, 1.165) is 19.4 Å². The van der Waals surface area contributed by atoms with Gasteiger partial charge in [-0.25, -0.2) is 0 Å². The normalized spacial score (nSPS) is 17.5. The van der Waals surface area contributed by atoms with Gasteiger partial charge in [0.2, 0.25) is 5.43 Å². The first-order valence-corrected chi connectivity index (χ1v) is 10.3. The van der Waals surface area contributed by atoms with Crippen molar-refractivity contribution in [1.82, 2.24) is 4.90 Å². The van der Waals surface area contributed by atoms with Crippen molar-refractivity contribution in [2.75, 3.05) is 13.7 Å². The van der Waals surface area contributed by atoms with Gasteiger partial charge in [0.15, 0.2) is 0 Å². The molecule has 1 aliphatic rings. The minimum atomic E-state index is -0.123. The predicted molar refractivity (Wildman–Crippen MR) is 114 cm³/mol. The maximum atomic E-state index is 13.3. The zero-order valence-corrected chi connectivity index (χ0v) is 17.0. The molecule has 5 nitrogen and oxygen atoms in total. The first-order chi connectivity index (χ1) is 14.1. The van der Waals surface area contributed by atoms with Gasteiger partial charge in [0.1, 0.15) is 23.3 Å². The molecule has 0 aliphatic carbocycles. The SMILES string of the molecule is CC[C@@H]1CCCCN1Cc1c(O)ccc2c(=O)c(-c3ccccc3OC)coc12. The number of hydrogen-bond donors (Lipinski definition) is 1. The fraction of sp³-hybridized carbons (Fsp3) is 0.375. The number of para-hydroxylation sites is 1. The van der Waals surface area contributed by atoms with Crippen molar-refractivity contribution < 1.29 is 14.3 Å². The zero-order valence-electron chi connectivity index (χ0n) is 17.0. The van der Waals surface area contributed by atoms with Crippen LogP contribution in [0.3, 0.4) is 0 Å². The topological polar surface area (TPSA) is 62.9 Å². The highest BCUT2D eigenvalue weighted by atomic mass is 16.5. The number of fused-ring (bicyclic) bond motifs is 1. The third-order valence-electron chi connectivity index (χ3n) is 6.00. The number of phenols is 1. The van der Waals surface area contributed by atoms with Gasteiger partial charge < -0.3 is 14.3 Å². The van der Waals surface area contributed by atoms with Crippen LogP contribution in [0.25, 0.3) is 22.1 Å². The molecule has 1 atom stereocenters. The molecular weight excluding hydrogens is 366 g/mol. The molecule has 1 aliphatic heterocycles. The van der Waals surface area contributed by atoms with E-state index in [2.05, 4.69) is 11.8 Å². The number of likely N-dealkylation sites (tertiary alicyclic amines) is 1. The number of phenolic OH excluding ortho intramolecular Hbond substituents is 1. The summed E-state index contributed by atoms with van der Waals surface area (Å²) < 4.78 is 11.4. The number of piperidine rings is 1. The molecule has 29 heavy (non-hydrogen) atoms. The fourth-order valence-electron chi connectivity index (χ4n) is 4.39. The van der Waals surface area contributed by atoms with Crippen LogP contribution in [0.15, 0.2) is 51.9 Å². The van der Waals surface area contributed by atoms with E-state index < -0.39 is 0 Å². The van der Waals surface area contributed by atoms with E-state index in [1.54, 1.807) is 19.2 Å². The van der Waals surface area contributed by atoms with E-state index in [1.807, 2.05) is 24.3 Å². The van der Waals surface area contributed by atoms with Gasteiger partial charge in [0, 0.05) is 18.2 Å². The van der Waals surface area contributed by atoms with Gasteiger partial charge in [-0.3, -0.25) is 9.69 Å². The van der Waals surface area contributed by atoms with Gasteiger partial charge in [-0.15, -0.1) is 0 Å². The van der Waals surface area contributed by atoms with Crippen molar-refractivity contribution in [2.24, 2.45) is 0 Å². The van der Waals surface area contributed by atoms with Crippen molar-refractivity contribution in [3.8, 4) is 22.6 Å². The van der Waals surface area contributed by atoms with Crippen LogP contribution < -0.4 is 10.2 Å². The molecule has 5 heteroatoms. The number of aromatic hydroxyl groups is 1. The molecular formula is C24H27NO4. The summed E-state index contributed by atoms with van der Waals surface area (Å²) >= 11 is 0. The lowest BCUT2D eigenvalue weighted by Gasteiger charge is -2.35. The molecule has 152 valence electrons. The minimum absolute atomic E-state index is 0.123. The highest BCUT2D eigenvalue weighted by Crippen LogP contribution is 2.33.